The zero-order valence-electron chi connectivity index (χ0n) is 12.3. The molecule has 2 heterocycles. The lowest BCUT2D eigenvalue weighted by molar-refractivity contribution is -0.116. The van der Waals surface area contributed by atoms with Crippen molar-refractivity contribution in [1.29, 1.82) is 0 Å². The van der Waals surface area contributed by atoms with Crippen LogP contribution in [0.25, 0.3) is 0 Å². The van der Waals surface area contributed by atoms with Crippen LogP contribution in [0, 0.1) is 0 Å². The fourth-order valence-electron chi connectivity index (χ4n) is 1.89. The van der Waals surface area contributed by atoms with Crippen molar-refractivity contribution >= 4 is 28.1 Å². The van der Waals surface area contributed by atoms with E-state index in [1.807, 2.05) is 12.3 Å². The van der Waals surface area contributed by atoms with Gasteiger partial charge in [0.05, 0.1) is 17.9 Å². The number of anilines is 2. The fourth-order valence-corrected chi connectivity index (χ4v) is 2.82. The summed E-state index contributed by atoms with van der Waals surface area (Å²) in [7, 11) is 1.71. The van der Waals surface area contributed by atoms with Gasteiger partial charge in [0.2, 0.25) is 11.5 Å². The molecule has 0 aliphatic carbocycles. The highest BCUT2D eigenvalue weighted by Crippen LogP contribution is 2.21. The fraction of sp³-hybridized carbons (Fsp3) is 0.357. The van der Waals surface area contributed by atoms with Crippen molar-refractivity contribution in [3.05, 3.63) is 39.8 Å². The quantitative estimate of drug-likeness (QED) is 0.915. The number of aryl methyl sites for hydroxylation is 1. The van der Waals surface area contributed by atoms with Gasteiger partial charge in [-0.2, -0.15) is 0 Å². The third-order valence-corrected chi connectivity index (χ3v) is 3.94. The van der Waals surface area contributed by atoms with Gasteiger partial charge < -0.3 is 9.88 Å². The Bertz CT molecular complexity index is 692. The van der Waals surface area contributed by atoms with Gasteiger partial charge in [0.1, 0.15) is 0 Å². The van der Waals surface area contributed by atoms with Gasteiger partial charge in [-0.05, 0) is 13.0 Å². The largest absolute Gasteiger partial charge is 0.378 e. The number of pyridine rings is 1. The molecule has 0 aliphatic rings. The minimum atomic E-state index is -0.0449. The van der Waals surface area contributed by atoms with Crippen LogP contribution >= 0.6 is 11.3 Å². The molecule has 21 heavy (non-hydrogen) atoms. The number of nitrogens with zero attached hydrogens (tertiary/aromatic N) is 3. The summed E-state index contributed by atoms with van der Waals surface area (Å²) >= 11 is 1.45. The molecule has 0 spiro atoms. The molecule has 6 nitrogen and oxygen atoms in total. The van der Waals surface area contributed by atoms with Crippen LogP contribution in [0.4, 0.5) is 10.8 Å². The summed E-state index contributed by atoms with van der Waals surface area (Å²) in [5, 5.41) is 5.85. The lowest BCUT2D eigenvalue weighted by atomic mass is 10.4. The molecule has 2 rings (SSSR count). The van der Waals surface area contributed by atoms with E-state index in [4.69, 9.17) is 0 Å². The maximum atomic E-state index is 11.5. The van der Waals surface area contributed by atoms with E-state index in [-0.39, 0.29) is 11.5 Å². The van der Waals surface area contributed by atoms with Gasteiger partial charge in [0.15, 0.2) is 5.13 Å². The van der Waals surface area contributed by atoms with Crippen molar-refractivity contribution in [1.82, 2.24) is 9.55 Å². The van der Waals surface area contributed by atoms with Crippen LogP contribution in [-0.2, 0) is 18.4 Å². The van der Waals surface area contributed by atoms with Gasteiger partial charge in [0, 0.05) is 38.2 Å². The minimum absolute atomic E-state index is 0.00980. The van der Waals surface area contributed by atoms with E-state index in [0.717, 1.165) is 11.4 Å². The van der Waals surface area contributed by atoms with Crippen LogP contribution in [0.3, 0.4) is 0 Å². The first kappa shape index (κ1) is 15.2. The molecule has 2 aromatic heterocycles. The Labute approximate surface area is 127 Å². The van der Waals surface area contributed by atoms with Crippen LogP contribution in [0.1, 0.15) is 19.5 Å². The Hall–Kier alpha value is -2.15. The van der Waals surface area contributed by atoms with Gasteiger partial charge in [-0.15, -0.1) is 11.3 Å². The Balaban J connectivity index is 2.04. The molecule has 0 atom stereocenters. The number of rotatable bonds is 5. The van der Waals surface area contributed by atoms with Crippen molar-refractivity contribution < 1.29 is 4.79 Å². The lowest BCUT2D eigenvalue weighted by Crippen LogP contribution is -2.27. The van der Waals surface area contributed by atoms with Crippen LogP contribution in [0.5, 0.6) is 0 Å². The topological polar surface area (TPSA) is 67.2 Å². The van der Waals surface area contributed by atoms with E-state index in [1.165, 1.54) is 28.9 Å². The first-order chi connectivity index (χ1) is 10.0. The zero-order chi connectivity index (χ0) is 15.4. The van der Waals surface area contributed by atoms with E-state index in [2.05, 4.69) is 10.3 Å². The Morgan fingerprint density at radius 1 is 1.48 bits per heavy atom. The summed E-state index contributed by atoms with van der Waals surface area (Å²) in [5.41, 5.74) is 1.67. The van der Waals surface area contributed by atoms with Crippen molar-refractivity contribution in [3.63, 3.8) is 0 Å². The molecular formula is C14H18N4O2S. The molecule has 0 saturated carbocycles. The first-order valence-corrected chi connectivity index (χ1v) is 7.52. The number of hydrogen-bond donors (Lipinski definition) is 1. The summed E-state index contributed by atoms with van der Waals surface area (Å²) in [6.07, 6.45) is 1.74. The van der Waals surface area contributed by atoms with E-state index in [9.17, 15) is 9.59 Å². The molecule has 2 aromatic rings. The maximum Gasteiger partial charge on any atom is 0.250 e. The average molecular weight is 306 g/mol. The zero-order valence-corrected chi connectivity index (χ0v) is 13.1. The van der Waals surface area contributed by atoms with E-state index >= 15 is 0 Å². The third kappa shape index (κ3) is 3.69. The predicted octanol–water partition coefficient (Wildman–Crippen LogP) is 1.83. The number of carbonyl (C=O) groups excluding carboxylic acids is 1. The molecule has 0 bridgehead atoms. The molecule has 7 heteroatoms. The molecular weight excluding hydrogens is 288 g/mol. The number of aromatic nitrogens is 2. The number of carbonyl (C=O) groups is 1. The predicted molar refractivity (Wildman–Crippen MR) is 84.8 cm³/mol. The average Bonchev–Trinajstić information content (AvgIpc) is 2.89. The molecule has 0 unspecified atom stereocenters. The lowest BCUT2D eigenvalue weighted by Gasteiger charge is -2.14. The van der Waals surface area contributed by atoms with E-state index in [1.54, 1.807) is 24.2 Å². The SMILES string of the molecule is CCN(C(C)=O)c1nc(CNc2ccc(=O)n(C)c2)cs1. The van der Waals surface area contributed by atoms with Crippen LogP contribution in [0.2, 0.25) is 0 Å². The van der Waals surface area contributed by atoms with Gasteiger partial charge in [-0.3, -0.25) is 14.5 Å². The maximum absolute atomic E-state index is 11.5. The Kier molecular flexibility index (Phi) is 4.74. The summed E-state index contributed by atoms with van der Waals surface area (Å²) in [5.74, 6) is -0.00980. The molecule has 1 N–H and O–H groups in total. The van der Waals surface area contributed by atoms with Gasteiger partial charge in [0.25, 0.3) is 0 Å². The third-order valence-electron chi connectivity index (χ3n) is 3.03. The van der Waals surface area contributed by atoms with Crippen LogP contribution < -0.4 is 15.8 Å². The van der Waals surface area contributed by atoms with E-state index < -0.39 is 0 Å². The highest BCUT2D eigenvalue weighted by Gasteiger charge is 2.13. The second kappa shape index (κ2) is 6.53. The highest BCUT2D eigenvalue weighted by molar-refractivity contribution is 7.14. The Morgan fingerprint density at radius 2 is 2.24 bits per heavy atom. The second-order valence-electron chi connectivity index (χ2n) is 4.61. The van der Waals surface area contributed by atoms with Crippen LogP contribution in [0.15, 0.2) is 28.5 Å². The highest BCUT2D eigenvalue weighted by atomic mass is 32.1. The molecule has 0 saturated heterocycles. The minimum Gasteiger partial charge on any atom is -0.378 e. The number of amides is 1. The van der Waals surface area contributed by atoms with Gasteiger partial charge >= 0.3 is 0 Å². The molecule has 0 fully saturated rings. The van der Waals surface area contributed by atoms with Crippen molar-refractivity contribution in [2.45, 2.75) is 20.4 Å². The van der Waals surface area contributed by atoms with Crippen molar-refractivity contribution in [3.8, 4) is 0 Å². The summed E-state index contributed by atoms with van der Waals surface area (Å²) in [6, 6.07) is 3.26. The number of thiazole rings is 1. The molecule has 0 aliphatic heterocycles. The normalized spacial score (nSPS) is 10.4. The van der Waals surface area contributed by atoms with Crippen LogP contribution in [-0.4, -0.2) is 22.0 Å². The Morgan fingerprint density at radius 3 is 2.86 bits per heavy atom. The number of nitrogens with one attached hydrogen (secondary N) is 1. The number of hydrogen-bond acceptors (Lipinski definition) is 5. The first-order valence-electron chi connectivity index (χ1n) is 6.64. The van der Waals surface area contributed by atoms with Gasteiger partial charge in [-0.1, -0.05) is 0 Å². The second-order valence-corrected chi connectivity index (χ2v) is 5.44. The summed E-state index contributed by atoms with van der Waals surface area (Å²) in [4.78, 5) is 28.9. The summed E-state index contributed by atoms with van der Waals surface area (Å²) < 4.78 is 1.52. The smallest absolute Gasteiger partial charge is 0.250 e. The molecule has 1 amide bonds. The molecule has 112 valence electrons. The molecule has 0 aromatic carbocycles. The summed E-state index contributed by atoms with van der Waals surface area (Å²) in [6.45, 7) is 4.61. The standard InChI is InChI=1S/C14H18N4O2S/c1-4-18(10(2)19)14-16-12(9-21-14)7-15-11-5-6-13(20)17(3)8-11/h5-6,8-9,15H,4,7H2,1-3H3. The van der Waals surface area contributed by atoms with Crippen molar-refractivity contribution in [2.24, 2.45) is 7.05 Å². The van der Waals surface area contributed by atoms with Crippen molar-refractivity contribution in [2.75, 3.05) is 16.8 Å². The monoisotopic (exact) mass is 306 g/mol. The molecule has 0 radical (unpaired) electrons. The van der Waals surface area contributed by atoms with E-state index in [0.29, 0.717) is 18.2 Å². The van der Waals surface area contributed by atoms with Gasteiger partial charge in [-0.25, -0.2) is 4.98 Å².